The highest BCUT2D eigenvalue weighted by Crippen LogP contribution is 2.30. The van der Waals surface area contributed by atoms with Crippen LogP contribution in [0.3, 0.4) is 0 Å². The molecule has 0 spiro atoms. The Bertz CT molecular complexity index is 1470. The lowest BCUT2D eigenvalue weighted by atomic mass is 10.1. The van der Waals surface area contributed by atoms with E-state index in [4.69, 9.17) is 0 Å². The van der Waals surface area contributed by atoms with Crippen LogP contribution in [0.2, 0.25) is 0 Å². The van der Waals surface area contributed by atoms with Gasteiger partial charge in [-0.1, -0.05) is 29.8 Å². The van der Waals surface area contributed by atoms with Gasteiger partial charge in [0, 0.05) is 27.9 Å². The summed E-state index contributed by atoms with van der Waals surface area (Å²) >= 11 is 1.33. The molecule has 1 amide bonds. The molecule has 5 rings (SSSR count). The molecule has 2 aromatic heterocycles. The number of carbonyl (C=O) groups is 1. The maximum Gasteiger partial charge on any atom is 0.278 e. The van der Waals surface area contributed by atoms with Gasteiger partial charge in [-0.3, -0.25) is 14.8 Å². The summed E-state index contributed by atoms with van der Waals surface area (Å²) in [5.41, 5.74) is 6.66. The fraction of sp³-hybridized carbons (Fsp3) is 0.208. The zero-order valence-corrected chi connectivity index (χ0v) is 20.3. The Morgan fingerprint density at radius 3 is 2.50 bits per heavy atom. The molecule has 174 valence electrons. The molecule has 34 heavy (non-hydrogen) atoms. The molecule has 4 aromatic rings. The average Bonchev–Trinajstić information content (AvgIpc) is 3.51. The average molecular weight is 494 g/mol. The van der Waals surface area contributed by atoms with Crippen molar-refractivity contribution in [1.29, 1.82) is 0 Å². The third-order valence-electron chi connectivity index (χ3n) is 5.63. The molecule has 0 saturated carbocycles. The van der Waals surface area contributed by atoms with E-state index in [0.717, 1.165) is 48.0 Å². The second-order valence-corrected chi connectivity index (χ2v) is 10.9. The van der Waals surface area contributed by atoms with Gasteiger partial charge in [-0.2, -0.15) is 5.10 Å². The molecule has 0 bridgehead atoms. The van der Waals surface area contributed by atoms with Gasteiger partial charge in [0.25, 0.3) is 5.91 Å². The van der Waals surface area contributed by atoms with Crippen LogP contribution in [0.5, 0.6) is 0 Å². The zero-order chi connectivity index (χ0) is 23.9. The summed E-state index contributed by atoms with van der Waals surface area (Å²) in [4.78, 5) is 17.6. The standard InChI is InChI=1S/C24H23N5O3S2/c1-15-6-12-18(13-7-15)29-21-5-3-4-19(21)22(27-29)23(30)26-24-25-20(14-33-24)16-8-10-17(11-9-16)28-34(2,31)32/h6-14,28H,3-5H2,1-2H3,(H,25,26,30). The Hall–Kier alpha value is -3.50. The fourth-order valence-electron chi connectivity index (χ4n) is 4.06. The Balaban J connectivity index is 1.35. The lowest BCUT2D eigenvalue weighted by Gasteiger charge is -2.05. The number of benzene rings is 2. The number of aryl methyl sites for hydroxylation is 1. The van der Waals surface area contributed by atoms with Gasteiger partial charge in [-0.25, -0.2) is 18.1 Å². The number of amides is 1. The smallest absolute Gasteiger partial charge is 0.278 e. The van der Waals surface area contributed by atoms with Gasteiger partial charge in [0.05, 0.1) is 17.6 Å². The molecule has 1 aliphatic rings. The van der Waals surface area contributed by atoms with Crippen LogP contribution in [0, 0.1) is 6.92 Å². The number of carbonyl (C=O) groups excluding carboxylic acids is 1. The van der Waals surface area contributed by atoms with Crippen molar-refractivity contribution in [2.24, 2.45) is 0 Å². The van der Waals surface area contributed by atoms with Gasteiger partial charge >= 0.3 is 0 Å². The highest BCUT2D eigenvalue weighted by Gasteiger charge is 2.27. The number of fused-ring (bicyclic) bond motifs is 1. The quantitative estimate of drug-likeness (QED) is 0.414. The van der Waals surface area contributed by atoms with Crippen molar-refractivity contribution in [3.05, 3.63) is 76.4 Å². The van der Waals surface area contributed by atoms with Crippen LogP contribution in [0.25, 0.3) is 16.9 Å². The minimum atomic E-state index is -3.33. The predicted molar refractivity (Wildman–Crippen MR) is 134 cm³/mol. The van der Waals surface area contributed by atoms with Crippen molar-refractivity contribution in [3.63, 3.8) is 0 Å². The van der Waals surface area contributed by atoms with Gasteiger partial charge < -0.3 is 0 Å². The van der Waals surface area contributed by atoms with E-state index in [-0.39, 0.29) is 5.91 Å². The van der Waals surface area contributed by atoms with Gasteiger partial charge in [0.2, 0.25) is 10.0 Å². The monoisotopic (exact) mass is 493 g/mol. The van der Waals surface area contributed by atoms with E-state index < -0.39 is 10.0 Å². The van der Waals surface area contributed by atoms with Crippen molar-refractivity contribution in [2.45, 2.75) is 26.2 Å². The Labute approximate surface area is 201 Å². The lowest BCUT2D eigenvalue weighted by Crippen LogP contribution is -2.14. The van der Waals surface area contributed by atoms with E-state index in [0.29, 0.717) is 22.2 Å². The van der Waals surface area contributed by atoms with Crippen LogP contribution >= 0.6 is 11.3 Å². The van der Waals surface area contributed by atoms with Gasteiger partial charge in [-0.15, -0.1) is 11.3 Å². The maximum absolute atomic E-state index is 13.1. The Morgan fingerprint density at radius 1 is 1.06 bits per heavy atom. The van der Waals surface area contributed by atoms with E-state index in [1.165, 1.54) is 16.9 Å². The fourth-order valence-corrected chi connectivity index (χ4v) is 5.34. The molecule has 0 fully saturated rings. The molecule has 0 aliphatic heterocycles. The number of aromatic nitrogens is 3. The summed E-state index contributed by atoms with van der Waals surface area (Å²) in [6.45, 7) is 2.04. The zero-order valence-electron chi connectivity index (χ0n) is 18.7. The first-order chi connectivity index (χ1) is 16.3. The highest BCUT2D eigenvalue weighted by molar-refractivity contribution is 7.92. The molecule has 2 aromatic carbocycles. The first-order valence-electron chi connectivity index (χ1n) is 10.8. The Morgan fingerprint density at radius 2 is 1.79 bits per heavy atom. The van der Waals surface area contributed by atoms with E-state index in [9.17, 15) is 13.2 Å². The lowest BCUT2D eigenvalue weighted by molar-refractivity contribution is 0.102. The number of rotatable bonds is 6. The molecule has 1 aliphatic carbocycles. The third-order valence-corrected chi connectivity index (χ3v) is 7.00. The Kier molecular flexibility index (Phi) is 5.70. The van der Waals surface area contributed by atoms with Crippen molar-refractivity contribution in [2.75, 3.05) is 16.3 Å². The van der Waals surface area contributed by atoms with E-state index in [2.05, 4.69) is 20.1 Å². The minimum Gasteiger partial charge on any atom is -0.296 e. The molecule has 10 heteroatoms. The van der Waals surface area contributed by atoms with E-state index in [1.807, 2.05) is 41.3 Å². The predicted octanol–water partition coefficient (Wildman–Crippen LogP) is 4.42. The number of nitrogens with zero attached hydrogens (tertiary/aromatic N) is 3. The van der Waals surface area contributed by atoms with Crippen molar-refractivity contribution in [1.82, 2.24) is 14.8 Å². The minimum absolute atomic E-state index is 0.266. The third kappa shape index (κ3) is 4.59. The van der Waals surface area contributed by atoms with E-state index in [1.54, 1.807) is 24.3 Å². The topological polar surface area (TPSA) is 106 Å². The van der Waals surface area contributed by atoms with Crippen molar-refractivity contribution in [3.8, 4) is 16.9 Å². The molecule has 2 heterocycles. The number of sulfonamides is 1. The van der Waals surface area contributed by atoms with Crippen LogP contribution < -0.4 is 10.0 Å². The summed E-state index contributed by atoms with van der Waals surface area (Å²) in [6.07, 6.45) is 3.84. The molecule has 0 atom stereocenters. The largest absolute Gasteiger partial charge is 0.296 e. The molecule has 0 radical (unpaired) electrons. The van der Waals surface area contributed by atoms with Crippen LogP contribution in [-0.4, -0.2) is 35.3 Å². The van der Waals surface area contributed by atoms with Crippen LogP contribution in [-0.2, 0) is 22.9 Å². The van der Waals surface area contributed by atoms with Crippen molar-refractivity contribution >= 4 is 38.1 Å². The SMILES string of the molecule is Cc1ccc(-n2nc(C(=O)Nc3nc(-c4ccc(NS(C)(=O)=O)cc4)cs3)c3c2CCC3)cc1. The van der Waals surface area contributed by atoms with Crippen LogP contribution in [0.4, 0.5) is 10.8 Å². The van der Waals surface area contributed by atoms with Gasteiger partial charge in [-0.05, 0) is 50.5 Å². The number of anilines is 2. The second-order valence-electron chi connectivity index (χ2n) is 8.32. The molecular formula is C24H23N5O3S2. The molecule has 8 nitrogen and oxygen atoms in total. The second kappa shape index (κ2) is 8.69. The molecule has 0 saturated heterocycles. The number of hydrogen-bond donors (Lipinski definition) is 2. The molecule has 0 unspecified atom stereocenters. The van der Waals surface area contributed by atoms with Crippen molar-refractivity contribution < 1.29 is 13.2 Å². The van der Waals surface area contributed by atoms with Gasteiger partial charge in [0.1, 0.15) is 0 Å². The first kappa shape index (κ1) is 22.3. The molecular weight excluding hydrogens is 470 g/mol. The maximum atomic E-state index is 13.1. The van der Waals surface area contributed by atoms with Gasteiger partial charge in [0.15, 0.2) is 10.8 Å². The molecule has 2 N–H and O–H groups in total. The normalized spacial score (nSPS) is 13.0. The number of hydrogen-bond acceptors (Lipinski definition) is 6. The summed E-state index contributed by atoms with van der Waals surface area (Å²) in [5, 5.41) is 9.89. The van der Waals surface area contributed by atoms with Crippen LogP contribution in [0.15, 0.2) is 53.9 Å². The summed E-state index contributed by atoms with van der Waals surface area (Å²) in [7, 11) is -3.33. The summed E-state index contributed by atoms with van der Waals surface area (Å²) in [6, 6.07) is 15.0. The summed E-state index contributed by atoms with van der Waals surface area (Å²) < 4.78 is 27.1. The number of thiazole rings is 1. The summed E-state index contributed by atoms with van der Waals surface area (Å²) in [5.74, 6) is -0.266. The van der Waals surface area contributed by atoms with Crippen LogP contribution in [0.1, 0.15) is 33.7 Å². The highest BCUT2D eigenvalue weighted by atomic mass is 32.2. The van der Waals surface area contributed by atoms with E-state index >= 15 is 0 Å². The first-order valence-corrected chi connectivity index (χ1v) is 13.6. The number of nitrogens with one attached hydrogen (secondary N) is 2.